The Kier molecular flexibility index (Phi) is 9.84. The number of amides is 1. The van der Waals surface area contributed by atoms with Crippen molar-refractivity contribution in [1.82, 2.24) is 4.90 Å². The molecule has 0 aromatic rings. The molecule has 1 amide bonds. The van der Waals surface area contributed by atoms with Crippen molar-refractivity contribution in [3.8, 4) is 0 Å². The third kappa shape index (κ3) is 9.18. The maximum absolute atomic E-state index is 10.7. The van der Waals surface area contributed by atoms with Gasteiger partial charge in [-0.2, -0.15) is 8.42 Å². The smallest absolute Gasteiger partial charge is 0.267 e. The summed E-state index contributed by atoms with van der Waals surface area (Å²) >= 11 is 0. The van der Waals surface area contributed by atoms with E-state index in [1.807, 2.05) is 6.92 Å². The van der Waals surface area contributed by atoms with Gasteiger partial charge in [-0.25, -0.2) is 0 Å². The Balaban J connectivity index is 0. The molecule has 0 fully saturated rings. The molecule has 0 heterocycles. The third-order valence-electron chi connectivity index (χ3n) is 2.26. The lowest BCUT2D eigenvalue weighted by Crippen LogP contribution is -2.21. The molecule has 1 unspecified atom stereocenters. The maximum atomic E-state index is 10.7. The van der Waals surface area contributed by atoms with Gasteiger partial charge in [0.05, 0.1) is 5.25 Å². The summed E-state index contributed by atoms with van der Waals surface area (Å²) in [6, 6.07) is 0. The molecule has 18 heavy (non-hydrogen) atoms. The second kappa shape index (κ2) is 9.10. The summed E-state index contributed by atoms with van der Waals surface area (Å²) in [4.78, 5) is 12.2. The molecule has 0 aromatic carbocycles. The van der Waals surface area contributed by atoms with Crippen LogP contribution in [0.5, 0.6) is 0 Å². The summed E-state index contributed by atoms with van der Waals surface area (Å²) in [5.74, 6) is -0.00926. The molecular weight excluding hydrogens is 254 g/mol. The van der Waals surface area contributed by atoms with Gasteiger partial charge in [0.15, 0.2) is 0 Å². The molecule has 0 radical (unpaired) electrons. The van der Waals surface area contributed by atoms with E-state index >= 15 is 0 Å². The predicted molar refractivity (Wildman–Crippen MR) is 74.0 cm³/mol. The summed E-state index contributed by atoms with van der Waals surface area (Å²) in [5.41, 5.74) is 0.579. The lowest BCUT2D eigenvalue weighted by atomic mass is 10.2. The minimum Gasteiger partial charge on any atom is -0.345 e. The molecule has 0 aliphatic heterocycles. The van der Waals surface area contributed by atoms with Crippen LogP contribution in [-0.2, 0) is 14.9 Å². The first-order chi connectivity index (χ1) is 8.07. The molecule has 6 heteroatoms. The highest BCUT2D eigenvalue weighted by Gasteiger charge is 2.18. The first-order valence-corrected chi connectivity index (χ1v) is 7.41. The lowest BCUT2D eigenvalue weighted by molar-refractivity contribution is -0.124. The van der Waals surface area contributed by atoms with Crippen molar-refractivity contribution in [2.24, 2.45) is 0 Å². The molecule has 0 saturated heterocycles. The number of hydrogen-bond donors (Lipinski definition) is 1. The summed E-state index contributed by atoms with van der Waals surface area (Å²) in [6.07, 6.45) is 1.83. The molecule has 0 aliphatic rings. The van der Waals surface area contributed by atoms with Crippen LogP contribution in [0.15, 0.2) is 12.2 Å². The van der Waals surface area contributed by atoms with Crippen LogP contribution in [0.25, 0.3) is 0 Å². The number of rotatable bonds is 5. The molecule has 1 N–H and O–H groups in total. The number of nitrogens with zero attached hydrogens (tertiary/aromatic N) is 1. The molecule has 5 nitrogen and oxygen atoms in total. The molecule has 0 rings (SSSR count). The van der Waals surface area contributed by atoms with Gasteiger partial charge in [-0.15, -0.1) is 0 Å². The number of carbonyl (C=O) groups is 1. The van der Waals surface area contributed by atoms with E-state index in [1.54, 1.807) is 27.9 Å². The number of carbonyl (C=O) groups excluding carboxylic acids is 1. The van der Waals surface area contributed by atoms with E-state index in [-0.39, 0.29) is 5.91 Å². The highest BCUT2D eigenvalue weighted by atomic mass is 32.2. The van der Waals surface area contributed by atoms with E-state index < -0.39 is 15.4 Å². The van der Waals surface area contributed by atoms with Crippen LogP contribution in [0.1, 0.15) is 40.0 Å². The van der Waals surface area contributed by atoms with Crippen molar-refractivity contribution >= 4 is 16.0 Å². The Bertz CT molecular complexity index is 360. The van der Waals surface area contributed by atoms with Crippen molar-refractivity contribution in [2.45, 2.75) is 45.3 Å². The highest BCUT2D eigenvalue weighted by molar-refractivity contribution is 7.86. The lowest BCUT2D eigenvalue weighted by Gasteiger charge is -2.08. The Hall–Kier alpha value is -0.880. The van der Waals surface area contributed by atoms with Crippen molar-refractivity contribution in [2.75, 3.05) is 14.1 Å². The van der Waals surface area contributed by atoms with Crippen LogP contribution in [0.4, 0.5) is 0 Å². The van der Waals surface area contributed by atoms with Crippen LogP contribution < -0.4 is 0 Å². The van der Waals surface area contributed by atoms with Gasteiger partial charge >= 0.3 is 0 Å². The molecule has 0 aliphatic carbocycles. The average molecular weight is 279 g/mol. The van der Waals surface area contributed by atoms with E-state index in [4.69, 9.17) is 4.55 Å². The minimum absolute atomic E-state index is 0.00926. The average Bonchev–Trinajstić information content (AvgIpc) is 2.23. The molecule has 108 valence electrons. The van der Waals surface area contributed by atoms with Crippen LogP contribution in [0.2, 0.25) is 0 Å². The van der Waals surface area contributed by atoms with Gasteiger partial charge in [0, 0.05) is 19.7 Å². The minimum atomic E-state index is -3.78. The van der Waals surface area contributed by atoms with Gasteiger partial charge in [0.1, 0.15) is 0 Å². The van der Waals surface area contributed by atoms with E-state index in [0.29, 0.717) is 18.4 Å². The van der Waals surface area contributed by atoms with Gasteiger partial charge in [-0.05, 0) is 19.8 Å². The third-order valence-corrected chi connectivity index (χ3v) is 3.67. The number of hydrogen-bond acceptors (Lipinski definition) is 3. The van der Waals surface area contributed by atoms with Crippen LogP contribution in [0, 0.1) is 0 Å². The monoisotopic (exact) mass is 279 g/mol. The largest absolute Gasteiger partial charge is 0.345 e. The van der Waals surface area contributed by atoms with Gasteiger partial charge in [0.25, 0.3) is 10.1 Å². The van der Waals surface area contributed by atoms with Gasteiger partial charge in [-0.3, -0.25) is 9.35 Å². The van der Waals surface area contributed by atoms with Crippen molar-refractivity contribution in [3.63, 3.8) is 0 Å². The fourth-order valence-electron chi connectivity index (χ4n) is 1.27. The zero-order valence-electron chi connectivity index (χ0n) is 11.9. The first-order valence-electron chi connectivity index (χ1n) is 5.91. The molecular formula is C12H25NO4S. The normalized spacial score (nSPS) is 12.1. The van der Waals surface area contributed by atoms with Crippen molar-refractivity contribution in [3.05, 3.63) is 12.2 Å². The Morgan fingerprint density at radius 3 is 1.83 bits per heavy atom. The highest BCUT2D eigenvalue weighted by Crippen LogP contribution is 2.09. The quantitative estimate of drug-likeness (QED) is 0.618. The Labute approximate surface area is 111 Å². The van der Waals surface area contributed by atoms with E-state index in [1.165, 1.54) is 4.90 Å². The van der Waals surface area contributed by atoms with E-state index in [9.17, 15) is 13.2 Å². The van der Waals surface area contributed by atoms with E-state index in [2.05, 4.69) is 6.58 Å². The Morgan fingerprint density at radius 2 is 1.78 bits per heavy atom. The molecule has 1 atom stereocenters. The Morgan fingerprint density at radius 1 is 1.33 bits per heavy atom. The first kappa shape index (κ1) is 19.5. The van der Waals surface area contributed by atoms with Crippen LogP contribution in [-0.4, -0.2) is 43.1 Å². The molecule has 0 aromatic heterocycles. The zero-order chi connectivity index (χ0) is 14.9. The number of likely N-dealkylation sites (N-methyl/N-ethyl adjacent to an activating group) is 1. The van der Waals surface area contributed by atoms with E-state index in [0.717, 1.165) is 6.42 Å². The van der Waals surface area contributed by atoms with Gasteiger partial charge in [0.2, 0.25) is 5.91 Å². The summed E-state index contributed by atoms with van der Waals surface area (Å²) in [6.45, 7) is 8.84. The van der Waals surface area contributed by atoms with Gasteiger partial charge in [-0.1, -0.05) is 26.8 Å². The van der Waals surface area contributed by atoms with Crippen LogP contribution >= 0.6 is 0 Å². The summed E-state index contributed by atoms with van der Waals surface area (Å²) in [7, 11) is -0.366. The van der Waals surface area contributed by atoms with Crippen molar-refractivity contribution in [1.29, 1.82) is 0 Å². The fraction of sp³-hybridized carbons (Fsp3) is 0.750. The predicted octanol–water partition coefficient (Wildman–Crippen LogP) is 2.10. The van der Waals surface area contributed by atoms with Crippen LogP contribution in [0.3, 0.4) is 0 Å². The molecule has 0 saturated carbocycles. The summed E-state index contributed by atoms with van der Waals surface area (Å²) < 4.78 is 29.6. The fourth-order valence-corrected chi connectivity index (χ4v) is 2.22. The zero-order valence-corrected chi connectivity index (χ0v) is 12.7. The second-order valence-electron chi connectivity index (χ2n) is 4.31. The standard InChI is InChI=1S/C6H11NO.C6H14O3S/c1-5(2)6(8)7(3)4;1-3-5-6(4-2)10(7,8)9/h1H2,2-4H3;6H,3-5H2,1-2H3,(H,7,8,9). The summed E-state index contributed by atoms with van der Waals surface area (Å²) in [5, 5.41) is -0.558. The molecule has 0 bridgehead atoms. The topological polar surface area (TPSA) is 74.7 Å². The molecule has 0 spiro atoms. The second-order valence-corrected chi connectivity index (χ2v) is 6.01. The van der Waals surface area contributed by atoms with Gasteiger partial charge < -0.3 is 4.90 Å². The maximum Gasteiger partial charge on any atom is 0.267 e. The SMILES string of the molecule is C=C(C)C(=O)N(C)C.CCCC(CC)S(=O)(=O)O. The van der Waals surface area contributed by atoms with Crippen molar-refractivity contribution < 1.29 is 17.8 Å².